The number of carbonyl (C=O) groups is 1. The van der Waals surface area contributed by atoms with Crippen LogP contribution in [0.1, 0.15) is 39.4 Å². The van der Waals surface area contributed by atoms with Gasteiger partial charge in [0, 0.05) is 11.1 Å². The van der Waals surface area contributed by atoms with Crippen molar-refractivity contribution in [3.63, 3.8) is 0 Å². The highest BCUT2D eigenvalue weighted by molar-refractivity contribution is 5.94. The van der Waals surface area contributed by atoms with Gasteiger partial charge in [0.25, 0.3) is 5.91 Å². The number of hydrogen-bond donors (Lipinski definition) is 1. The van der Waals surface area contributed by atoms with E-state index in [1.165, 1.54) is 0 Å². The van der Waals surface area contributed by atoms with Crippen LogP contribution in [-0.2, 0) is 9.47 Å². The zero-order valence-electron chi connectivity index (χ0n) is 16.2. The molecular formula is C24H21NO5. The van der Waals surface area contributed by atoms with E-state index in [0.29, 0.717) is 30.3 Å². The maximum atomic E-state index is 13.0. The van der Waals surface area contributed by atoms with E-state index in [1.54, 1.807) is 12.1 Å². The number of rotatable bonds is 5. The zero-order chi connectivity index (χ0) is 20.3. The maximum Gasteiger partial charge on any atom is 0.252 e. The topological polar surface area (TPSA) is 66.0 Å². The van der Waals surface area contributed by atoms with E-state index in [-0.39, 0.29) is 25.0 Å². The Hall–Kier alpha value is -3.35. The zero-order valence-corrected chi connectivity index (χ0v) is 16.2. The Morgan fingerprint density at radius 3 is 2.43 bits per heavy atom. The molecular weight excluding hydrogens is 382 g/mol. The summed E-state index contributed by atoms with van der Waals surface area (Å²) in [6.45, 7) is 1.35. The van der Waals surface area contributed by atoms with Crippen molar-refractivity contribution < 1.29 is 23.7 Å². The first-order valence-corrected chi connectivity index (χ1v) is 9.86. The first-order chi connectivity index (χ1) is 14.8. The van der Waals surface area contributed by atoms with Crippen molar-refractivity contribution in [2.24, 2.45) is 0 Å². The molecule has 3 aromatic rings. The molecule has 30 heavy (non-hydrogen) atoms. The third-order valence-corrected chi connectivity index (χ3v) is 5.18. The summed E-state index contributed by atoms with van der Waals surface area (Å²) in [4.78, 5) is 13.0. The van der Waals surface area contributed by atoms with E-state index in [0.717, 1.165) is 16.7 Å². The molecule has 3 aromatic carbocycles. The largest absolute Gasteiger partial charge is 0.454 e. The smallest absolute Gasteiger partial charge is 0.252 e. The van der Waals surface area contributed by atoms with Crippen molar-refractivity contribution in [2.75, 3.05) is 20.0 Å². The molecule has 2 heterocycles. The SMILES string of the molecule is O=C(NC(c1cccc(C2OCCO2)c1)c1ccc2c(c1)OCO2)c1ccccc1. The molecule has 1 N–H and O–H groups in total. The number of nitrogens with one attached hydrogen (secondary N) is 1. The van der Waals surface area contributed by atoms with Crippen molar-refractivity contribution in [1.82, 2.24) is 5.32 Å². The lowest BCUT2D eigenvalue weighted by Gasteiger charge is -2.22. The van der Waals surface area contributed by atoms with Crippen LogP contribution in [0.5, 0.6) is 11.5 Å². The highest BCUT2D eigenvalue weighted by Gasteiger charge is 2.24. The Balaban J connectivity index is 1.51. The molecule has 1 saturated heterocycles. The molecule has 0 aliphatic carbocycles. The molecule has 2 aliphatic heterocycles. The summed E-state index contributed by atoms with van der Waals surface area (Å²) in [6.07, 6.45) is -0.382. The molecule has 152 valence electrons. The van der Waals surface area contributed by atoms with Gasteiger partial charge >= 0.3 is 0 Å². The standard InChI is InChI=1S/C24H21NO5/c26-23(16-5-2-1-3-6-16)25-22(18-9-10-20-21(14-18)30-15-29-20)17-7-4-8-19(13-17)24-27-11-12-28-24/h1-10,13-14,22,24H,11-12,15H2,(H,25,26). The predicted molar refractivity (Wildman–Crippen MR) is 109 cm³/mol. The van der Waals surface area contributed by atoms with E-state index in [9.17, 15) is 4.79 Å². The minimum atomic E-state index is -0.382. The Kier molecular flexibility index (Phi) is 5.09. The molecule has 1 fully saturated rings. The van der Waals surface area contributed by atoms with Crippen LogP contribution in [0.4, 0.5) is 0 Å². The summed E-state index contributed by atoms with van der Waals surface area (Å²) >= 11 is 0. The molecule has 0 bridgehead atoms. The van der Waals surface area contributed by atoms with Gasteiger partial charge in [-0.2, -0.15) is 0 Å². The first kappa shape index (κ1) is 18.7. The van der Waals surface area contributed by atoms with Gasteiger partial charge in [0.15, 0.2) is 17.8 Å². The Morgan fingerprint density at radius 2 is 1.60 bits per heavy atom. The summed E-state index contributed by atoms with van der Waals surface area (Å²) in [7, 11) is 0. The molecule has 0 saturated carbocycles. The summed E-state index contributed by atoms with van der Waals surface area (Å²) < 4.78 is 22.3. The minimum absolute atomic E-state index is 0.156. The van der Waals surface area contributed by atoms with Gasteiger partial charge in [0.1, 0.15) is 0 Å². The third-order valence-electron chi connectivity index (χ3n) is 5.18. The van der Waals surface area contributed by atoms with Crippen LogP contribution in [0.25, 0.3) is 0 Å². The molecule has 0 radical (unpaired) electrons. The second kappa shape index (κ2) is 8.18. The monoisotopic (exact) mass is 403 g/mol. The van der Waals surface area contributed by atoms with E-state index >= 15 is 0 Å². The molecule has 0 aromatic heterocycles. The Morgan fingerprint density at radius 1 is 0.833 bits per heavy atom. The first-order valence-electron chi connectivity index (χ1n) is 9.86. The highest BCUT2D eigenvalue weighted by Crippen LogP contribution is 2.36. The molecule has 1 unspecified atom stereocenters. The average molecular weight is 403 g/mol. The number of hydrogen-bond acceptors (Lipinski definition) is 5. The van der Waals surface area contributed by atoms with Crippen molar-refractivity contribution in [2.45, 2.75) is 12.3 Å². The van der Waals surface area contributed by atoms with Gasteiger partial charge in [0.2, 0.25) is 6.79 Å². The fourth-order valence-electron chi connectivity index (χ4n) is 3.69. The van der Waals surface area contributed by atoms with Crippen LogP contribution in [0.2, 0.25) is 0 Å². The van der Waals surface area contributed by atoms with Crippen LogP contribution in [0, 0.1) is 0 Å². The van der Waals surface area contributed by atoms with Crippen LogP contribution in [-0.4, -0.2) is 25.9 Å². The van der Waals surface area contributed by atoms with Crippen molar-refractivity contribution in [1.29, 1.82) is 0 Å². The van der Waals surface area contributed by atoms with Crippen LogP contribution in [0.15, 0.2) is 72.8 Å². The second-order valence-electron chi connectivity index (χ2n) is 7.13. The van der Waals surface area contributed by atoms with Crippen molar-refractivity contribution >= 4 is 5.91 Å². The van der Waals surface area contributed by atoms with E-state index < -0.39 is 0 Å². The van der Waals surface area contributed by atoms with Gasteiger partial charge in [-0.1, -0.05) is 42.5 Å². The molecule has 1 amide bonds. The van der Waals surface area contributed by atoms with E-state index in [2.05, 4.69) is 5.32 Å². The van der Waals surface area contributed by atoms with E-state index in [1.807, 2.05) is 60.7 Å². The number of fused-ring (bicyclic) bond motifs is 1. The summed E-state index contributed by atoms with van der Waals surface area (Å²) in [6, 6.07) is 22.4. The Labute approximate surface area is 174 Å². The van der Waals surface area contributed by atoms with Crippen molar-refractivity contribution in [3.05, 3.63) is 95.1 Å². The second-order valence-corrected chi connectivity index (χ2v) is 7.13. The average Bonchev–Trinajstić information content (AvgIpc) is 3.49. The highest BCUT2D eigenvalue weighted by atomic mass is 16.7. The summed E-state index contributed by atoms with van der Waals surface area (Å²) in [5.74, 6) is 1.22. The van der Waals surface area contributed by atoms with Gasteiger partial charge in [-0.15, -0.1) is 0 Å². The van der Waals surface area contributed by atoms with Gasteiger partial charge in [0.05, 0.1) is 19.3 Å². The van der Waals surface area contributed by atoms with Crippen LogP contribution in [0.3, 0.4) is 0 Å². The molecule has 6 heteroatoms. The van der Waals surface area contributed by atoms with Crippen LogP contribution >= 0.6 is 0 Å². The fourth-order valence-corrected chi connectivity index (χ4v) is 3.69. The van der Waals surface area contributed by atoms with Crippen LogP contribution < -0.4 is 14.8 Å². The fraction of sp³-hybridized carbons (Fsp3) is 0.208. The quantitative estimate of drug-likeness (QED) is 0.698. The minimum Gasteiger partial charge on any atom is -0.454 e. The molecule has 5 rings (SSSR count). The van der Waals surface area contributed by atoms with Gasteiger partial charge in [-0.25, -0.2) is 0 Å². The molecule has 1 atom stereocenters. The van der Waals surface area contributed by atoms with E-state index in [4.69, 9.17) is 18.9 Å². The van der Waals surface area contributed by atoms with Gasteiger partial charge in [-0.3, -0.25) is 4.79 Å². The number of benzene rings is 3. The molecule has 2 aliphatic rings. The van der Waals surface area contributed by atoms with Gasteiger partial charge < -0.3 is 24.3 Å². The maximum absolute atomic E-state index is 13.0. The lowest BCUT2D eigenvalue weighted by molar-refractivity contribution is -0.0441. The summed E-state index contributed by atoms with van der Waals surface area (Å²) in [5.41, 5.74) is 3.34. The summed E-state index contributed by atoms with van der Waals surface area (Å²) in [5, 5.41) is 3.16. The Bertz CT molecular complexity index is 1050. The number of amides is 1. The third kappa shape index (κ3) is 3.75. The normalized spacial score (nSPS) is 16.4. The predicted octanol–water partition coefficient (Wildman–Crippen LogP) is 3.98. The van der Waals surface area contributed by atoms with Gasteiger partial charge in [-0.05, 0) is 41.5 Å². The number of carbonyl (C=O) groups excluding carboxylic acids is 1. The van der Waals surface area contributed by atoms with Crippen molar-refractivity contribution in [3.8, 4) is 11.5 Å². The molecule has 0 spiro atoms. The molecule has 6 nitrogen and oxygen atoms in total. The lowest BCUT2D eigenvalue weighted by atomic mass is 9.96. The lowest BCUT2D eigenvalue weighted by Crippen LogP contribution is -2.29. The number of ether oxygens (including phenoxy) is 4.